The summed E-state index contributed by atoms with van der Waals surface area (Å²) in [6.45, 7) is 1.18. The van der Waals surface area contributed by atoms with Gasteiger partial charge in [-0.2, -0.15) is 13.2 Å². The highest BCUT2D eigenvalue weighted by atomic mass is 19.4. The number of rotatable bonds is 2. The van der Waals surface area contributed by atoms with Gasteiger partial charge in [0.2, 0.25) is 0 Å². The van der Waals surface area contributed by atoms with Gasteiger partial charge in [-0.05, 0) is 18.4 Å². The van der Waals surface area contributed by atoms with Gasteiger partial charge in [-0.25, -0.2) is 0 Å². The standard InChI is InChI=1S/C15H16F3NO3/c1-10(20)22-12-8-5-9-19(14(21)15(16,17)18)13(12)11-6-3-2-4-7-11/h2-4,6-7,12-13H,5,8-9H2,1H3/t12-,13-/m1/s1. The van der Waals surface area contributed by atoms with E-state index in [0.717, 1.165) is 4.90 Å². The Balaban J connectivity index is 2.38. The van der Waals surface area contributed by atoms with Crippen LogP contribution in [0.3, 0.4) is 0 Å². The van der Waals surface area contributed by atoms with Gasteiger partial charge in [-0.15, -0.1) is 0 Å². The molecule has 0 spiro atoms. The maximum absolute atomic E-state index is 12.8. The molecule has 0 bridgehead atoms. The fourth-order valence-corrected chi connectivity index (χ4v) is 2.73. The molecule has 1 aromatic rings. The lowest BCUT2D eigenvalue weighted by Crippen LogP contribution is -2.50. The van der Waals surface area contributed by atoms with Crippen molar-refractivity contribution in [2.75, 3.05) is 6.54 Å². The van der Waals surface area contributed by atoms with Crippen molar-refractivity contribution in [1.82, 2.24) is 4.90 Å². The number of benzene rings is 1. The smallest absolute Gasteiger partial charge is 0.460 e. The van der Waals surface area contributed by atoms with Gasteiger partial charge < -0.3 is 9.64 Å². The van der Waals surface area contributed by atoms with Gasteiger partial charge in [0.15, 0.2) is 0 Å². The van der Waals surface area contributed by atoms with Crippen LogP contribution in [0.25, 0.3) is 0 Å². The number of esters is 1. The Morgan fingerprint density at radius 3 is 2.41 bits per heavy atom. The van der Waals surface area contributed by atoms with E-state index in [2.05, 4.69) is 0 Å². The van der Waals surface area contributed by atoms with Gasteiger partial charge in [-0.3, -0.25) is 9.59 Å². The number of piperidine rings is 1. The summed E-state index contributed by atoms with van der Waals surface area (Å²) in [5, 5.41) is 0. The van der Waals surface area contributed by atoms with Crippen molar-refractivity contribution < 1.29 is 27.5 Å². The third-order valence-corrected chi connectivity index (χ3v) is 3.54. The summed E-state index contributed by atoms with van der Waals surface area (Å²) in [6, 6.07) is 7.40. The molecule has 1 aliphatic rings. The number of nitrogens with zero attached hydrogens (tertiary/aromatic N) is 1. The molecular formula is C15H16F3NO3. The van der Waals surface area contributed by atoms with E-state index in [9.17, 15) is 22.8 Å². The summed E-state index contributed by atoms with van der Waals surface area (Å²) < 4.78 is 43.6. The van der Waals surface area contributed by atoms with E-state index in [1.807, 2.05) is 0 Å². The number of alkyl halides is 3. The Hall–Kier alpha value is -2.05. The highest BCUT2D eigenvalue weighted by molar-refractivity contribution is 5.82. The van der Waals surface area contributed by atoms with Crippen molar-refractivity contribution in [3.63, 3.8) is 0 Å². The molecule has 1 saturated heterocycles. The number of amides is 1. The van der Waals surface area contributed by atoms with Crippen LogP contribution in [-0.2, 0) is 14.3 Å². The number of likely N-dealkylation sites (tertiary alicyclic amines) is 1. The van der Waals surface area contributed by atoms with Gasteiger partial charge in [0, 0.05) is 13.5 Å². The van der Waals surface area contributed by atoms with E-state index < -0.39 is 30.2 Å². The fraction of sp³-hybridized carbons (Fsp3) is 0.467. The van der Waals surface area contributed by atoms with Crippen molar-refractivity contribution in [3.8, 4) is 0 Å². The molecule has 0 saturated carbocycles. The van der Waals surface area contributed by atoms with Crippen molar-refractivity contribution in [3.05, 3.63) is 35.9 Å². The predicted octanol–water partition coefficient (Wildman–Crippen LogP) is 2.84. The van der Waals surface area contributed by atoms with Crippen LogP contribution in [0.2, 0.25) is 0 Å². The van der Waals surface area contributed by atoms with E-state index in [-0.39, 0.29) is 6.54 Å². The average molecular weight is 315 g/mol. The van der Waals surface area contributed by atoms with Crippen LogP contribution in [0.4, 0.5) is 13.2 Å². The quantitative estimate of drug-likeness (QED) is 0.789. The predicted molar refractivity (Wildman–Crippen MR) is 71.7 cm³/mol. The van der Waals surface area contributed by atoms with Crippen molar-refractivity contribution in [1.29, 1.82) is 0 Å². The molecule has 0 radical (unpaired) electrons. The van der Waals surface area contributed by atoms with Crippen molar-refractivity contribution >= 4 is 11.9 Å². The van der Waals surface area contributed by atoms with E-state index in [1.165, 1.54) is 6.92 Å². The van der Waals surface area contributed by atoms with Crippen molar-refractivity contribution in [2.24, 2.45) is 0 Å². The maximum Gasteiger partial charge on any atom is 0.471 e. The van der Waals surface area contributed by atoms with Crippen molar-refractivity contribution in [2.45, 2.75) is 38.1 Å². The Morgan fingerprint density at radius 1 is 1.23 bits per heavy atom. The largest absolute Gasteiger partial charge is 0.471 e. The second-order valence-electron chi connectivity index (χ2n) is 5.14. The zero-order valence-electron chi connectivity index (χ0n) is 12.0. The van der Waals surface area contributed by atoms with E-state index in [1.54, 1.807) is 30.3 Å². The molecule has 0 N–H and O–H groups in total. The molecule has 120 valence electrons. The van der Waals surface area contributed by atoms with Crippen LogP contribution in [0, 0.1) is 0 Å². The molecule has 1 amide bonds. The normalized spacial score (nSPS) is 22.3. The number of carbonyl (C=O) groups excluding carboxylic acids is 2. The molecular weight excluding hydrogens is 299 g/mol. The monoisotopic (exact) mass is 315 g/mol. The number of halogens is 3. The van der Waals surface area contributed by atoms with Gasteiger partial charge >= 0.3 is 18.1 Å². The lowest BCUT2D eigenvalue weighted by Gasteiger charge is -2.41. The Morgan fingerprint density at radius 2 is 1.86 bits per heavy atom. The summed E-state index contributed by atoms with van der Waals surface area (Å²) in [6.07, 6.45) is -4.96. The van der Waals surface area contributed by atoms with Crippen LogP contribution < -0.4 is 0 Å². The molecule has 0 aliphatic carbocycles. The molecule has 1 heterocycles. The Labute approximate surface area is 125 Å². The third-order valence-electron chi connectivity index (χ3n) is 3.54. The summed E-state index contributed by atoms with van der Waals surface area (Å²) in [5.41, 5.74) is 0.519. The second kappa shape index (κ2) is 6.37. The minimum atomic E-state index is -4.95. The minimum Gasteiger partial charge on any atom is -0.460 e. The molecule has 2 atom stereocenters. The average Bonchev–Trinajstić information content (AvgIpc) is 2.45. The van der Waals surface area contributed by atoms with Gasteiger partial charge in [0.05, 0.1) is 6.04 Å². The Bertz CT molecular complexity index is 545. The molecule has 7 heteroatoms. The molecule has 4 nitrogen and oxygen atoms in total. The molecule has 0 unspecified atom stereocenters. The molecule has 1 fully saturated rings. The van der Waals surface area contributed by atoms with Crippen LogP contribution >= 0.6 is 0 Å². The Kier molecular flexibility index (Phi) is 4.73. The highest BCUT2D eigenvalue weighted by Crippen LogP contribution is 2.36. The third kappa shape index (κ3) is 3.58. The first-order valence-corrected chi connectivity index (χ1v) is 6.90. The zero-order valence-corrected chi connectivity index (χ0v) is 12.0. The molecule has 1 aromatic carbocycles. The van der Waals surface area contributed by atoms with E-state index >= 15 is 0 Å². The molecule has 22 heavy (non-hydrogen) atoms. The minimum absolute atomic E-state index is 0.0182. The SMILES string of the molecule is CC(=O)O[C@@H]1CCCN(C(=O)C(F)(F)F)[C@@H]1c1ccccc1. The van der Waals surface area contributed by atoms with E-state index in [0.29, 0.717) is 18.4 Å². The zero-order chi connectivity index (χ0) is 16.3. The number of hydrogen-bond acceptors (Lipinski definition) is 3. The first kappa shape index (κ1) is 16.3. The summed E-state index contributed by atoms with van der Waals surface area (Å²) >= 11 is 0. The maximum atomic E-state index is 12.8. The van der Waals surface area contributed by atoms with Crippen LogP contribution in [-0.4, -0.2) is 35.6 Å². The summed E-state index contributed by atoms with van der Waals surface area (Å²) in [5.74, 6) is -2.48. The molecule has 0 aromatic heterocycles. The highest BCUT2D eigenvalue weighted by Gasteiger charge is 2.48. The first-order chi connectivity index (χ1) is 10.3. The van der Waals surface area contributed by atoms with Crippen LogP contribution in [0.1, 0.15) is 31.4 Å². The lowest BCUT2D eigenvalue weighted by molar-refractivity contribution is -0.194. The van der Waals surface area contributed by atoms with Gasteiger partial charge in [0.1, 0.15) is 6.10 Å². The lowest BCUT2D eigenvalue weighted by atomic mass is 9.92. The van der Waals surface area contributed by atoms with E-state index in [4.69, 9.17) is 4.74 Å². The second-order valence-corrected chi connectivity index (χ2v) is 5.14. The molecule has 1 aliphatic heterocycles. The summed E-state index contributed by atoms with van der Waals surface area (Å²) in [4.78, 5) is 23.7. The first-order valence-electron chi connectivity index (χ1n) is 6.90. The van der Waals surface area contributed by atoms with Gasteiger partial charge in [0.25, 0.3) is 0 Å². The van der Waals surface area contributed by atoms with Crippen LogP contribution in [0.5, 0.6) is 0 Å². The van der Waals surface area contributed by atoms with Crippen LogP contribution in [0.15, 0.2) is 30.3 Å². The number of hydrogen-bond donors (Lipinski definition) is 0. The molecule has 2 rings (SSSR count). The number of ether oxygens (including phenoxy) is 1. The van der Waals surface area contributed by atoms with Gasteiger partial charge in [-0.1, -0.05) is 30.3 Å². The topological polar surface area (TPSA) is 46.6 Å². The fourth-order valence-electron chi connectivity index (χ4n) is 2.73. The summed E-state index contributed by atoms with van der Waals surface area (Å²) in [7, 11) is 0. The number of carbonyl (C=O) groups is 2.